The minimum absolute atomic E-state index is 0.281. The van der Waals surface area contributed by atoms with Gasteiger partial charge in [0.1, 0.15) is 0 Å². The van der Waals surface area contributed by atoms with Crippen molar-refractivity contribution in [1.82, 2.24) is 5.32 Å². The molecule has 0 aliphatic heterocycles. The van der Waals surface area contributed by atoms with Gasteiger partial charge >= 0.3 is 0 Å². The van der Waals surface area contributed by atoms with Gasteiger partial charge < -0.3 is 10.4 Å². The second kappa shape index (κ2) is 8.52. The molecule has 0 bridgehead atoms. The Morgan fingerprint density at radius 3 is 2.38 bits per heavy atom. The third-order valence-corrected chi connectivity index (χ3v) is 2.64. The van der Waals surface area contributed by atoms with Crippen molar-refractivity contribution in [2.45, 2.75) is 52.5 Å². The SMILES string of the molecule is CCCCCCNC(C)C(C)CO. The summed E-state index contributed by atoms with van der Waals surface area (Å²) in [4.78, 5) is 0. The summed E-state index contributed by atoms with van der Waals surface area (Å²) in [7, 11) is 0. The molecule has 0 fully saturated rings. The Morgan fingerprint density at radius 2 is 1.85 bits per heavy atom. The van der Waals surface area contributed by atoms with Gasteiger partial charge in [-0.15, -0.1) is 0 Å². The zero-order chi connectivity index (χ0) is 10.1. The first-order valence-corrected chi connectivity index (χ1v) is 5.56. The van der Waals surface area contributed by atoms with Crippen LogP contribution >= 0.6 is 0 Å². The van der Waals surface area contributed by atoms with Crippen LogP contribution in [0.3, 0.4) is 0 Å². The van der Waals surface area contributed by atoms with E-state index in [2.05, 4.69) is 26.1 Å². The van der Waals surface area contributed by atoms with Crippen molar-refractivity contribution < 1.29 is 5.11 Å². The third-order valence-electron chi connectivity index (χ3n) is 2.64. The molecular formula is C11H25NO. The Hall–Kier alpha value is -0.0800. The van der Waals surface area contributed by atoms with E-state index in [1.54, 1.807) is 0 Å². The van der Waals surface area contributed by atoms with Crippen molar-refractivity contribution in [3.63, 3.8) is 0 Å². The van der Waals surface area contributed by atoms with E-state index in [4.69, 9.17) is 5.11 Å². The molecule has 0 aliphatic carbocycles. The lowest BCUT2D eigenvalue weighted by Gasteiger charge is -2.19. The van der Waals surface area contributed by atoms with Gasteiger partial charge in [-0.05, 0) is 25.8 Å². The average molecular weight is 187 g/mol. The van der Waals surface area contributed by atoms with Crippen LogP contribution in [0.2, 0.25) is 0 Å². The number of rotatable bonds is 8. The first-order valence-electron chi connectivity index (χ1n) is 5.56. The van der Waals surface area contributed by atoms with Gasteiger partial charge in [-0.25, -0.2) is 0 Å². The Labute approximate surface area is 82.7 Å². The predicted octanol–water partition coefficient (Wildman–Crippen LogP) is 2.17. The molecule has 0 saturated carbocycles. The summed E-state index contributed by atoms with van der Waals surface area (Å²) in [6.45, 7) is 7.81. The van der Waals surface area contributed by atoms with Crippen molar-refractivity contribution in [1.29, 1.82) is 0 Å². The molecule has 0 aliphatic rings. The Kier molecular flexibility index (Phi) is 8.46. The molecule has 0 heterocycles. The lowest BCUT2D eigenvalue weighted by atomic mass is 10.1. The topological polar surface area (TPSA) is 32.3 Å². The fourth-order valence-electron chi connectivity index (χ4n) is 1.24. The summed E-state index contributed by atoms with van der Waals surface area (Å²) in [6, 6.07) is 0.437. The van der Waals surface area contributed by atoms with Crippen molar-refractivity contribution in [3.8, 4) is 0 Å². The molecule has 80 valence electrons. The maximum absolute atomic E-state index is 8.91. The van der Waals surface area contributed by atoms with Crippen molar-refractivity contribution in [2.75, 3.05) is 13.2 Å². The van der Waals surface area contributed by atoms with E-state index >= 15 is 0 Å². The average Bonchev–Trinajstić information content (AvgIpc) is 2.16. The number of aliphatic hydroxyl groups excluding tert-OH is 1. The molecule has 0 radical (unpaired) electrons. The standard InChI is InChI=1S/C11H25NO/c1-4-5-6-7-8-12-11(3)10(2)9-13/h10-13H,4-9H2,1-3H3. The zero-order valence-electron chi connectivity index (χ0n) is 9.34. The second-order valence-corrected chi connectivity index (χ2v) is 3.96. The summed E-state index contributed by atoms with van der Waals surface area (Å²) in [5, 5.41) is 12.3. The summed E-state index contributed by atoms with van der Waals surface area (Å²) in [5.41, 5.74) is 0. The summed E-state index contributed by atoms with van der Waals surface area (Å²) in [5.74, 6) is 0.367. The van der Waals surface area contributed by atoms with E-state index in [1.165, 1.54) is 25.7 Å². The van der Waals surface area contributed by atoms with Crippen LogP contribution in [0.4, 0.5) is 0 Å². The van der Waals surface area contributed by atoms with Gasteiger partial charge in [0.25, 0.3) is 0 Å². The largest absolute Gasteiger partial charge is 0.396 e. The summed E-state index contributed by atoms with van der Waals surface area (Å²) in [6.07, 6.45) is 5.22. The number of nitrogens with one attached hydrogen (secondary N) is 1. The number of aliphatic hydroxyl groups is 1. The lowest BCUT2D eigenvalue weighted by Crippen LogP contribution is -2.34. The molecular weight excluding hydrogens is 162 g/mol. The van der Waals surface area contributed by atoms with E-state index in [1.807, 2.05) is 0 Å². The minimum atomic E-state index is 0.281. The van der Waals surface area contributed by atoms with E-state index in [0.717, 1.165) is 6.54 Å². The molecule has 0 saturated heterocycles. The fraction of sp³-hybridized carbons (Fsp3) is 1.00. The van der Waals surface area contributed by atoms with Crippen LogP contribution in [0.1, 0.15) is 46.5 Å². The van der Waals surface area contributed by atoms with Crippen LogP contribution in [0, 0.1) is 5.92 Å². The third kappa shape index (κ3) is 7.03. The van der Waals surface area contributed by atoms with Gasteiger partial charge in [0, 0.05) is 12.6 Å². The van der Waals surface area contributed by atoms with E-state index in [-0.39, 0.29) is 6.61 Å². The molecule has 0 rings (SSSR count). The van der Waals surface area contributed by atoms with Crippen LogP contribution in [-0.2, 0) is 0 Å². The molecule has 0 amide bonds. The number of hydrogen-bond acceptors (Lipinski definition) is 2. The highest BCUT2D eigenvalue weighted by atomic mass is 16.3. The number of hydrogen-bond donors (Lipinski definition) is 2. The van der Waals surface area contributed by atoms with Gasteiger partial charge in [0.05, 0.1) is 0 Å². The van der Waals surface area contributed by atoms with Gasteiger partial charge in [0.2, 0.25) is 0 Å². The first-order chi connectivity index (χ1) is 6.22. The highest BCUT2D eigenvalue weighted by Gasteiger charge is 2.08. The smallest absolute Gasteiger partial charge is 0.0471 e. The molecule has 0 aromatic carbocycles. The monoisotopic (exact) mass is 187 g/mol. The van der Waals surface area contributed by atoms with Crippen LogP contribution in [-0.4, -0.2) is 24.3 Å². The highest BCUT2D eigenvalue weighted by Crippen LogP contribution is 2.02. The number of unbranched alkanes of at least 4 members (excludes halogenated alkanes) is 3. The van der Waals surface area contributed by atoms with Gasteiger partial charge in [-0.1, -0.05) is 33.1 Å². The Balaban J connectivity index is 3.21. The second-order valence-electron chi connectivity index (χ2n) is 3.96. The molecule has 2 heteroatoms. The van der Waals surface area contributed by atoms with Crippen LogP contribution in [0.25, 0.3) is 0 Å². The summed E-state index contributed by atoms with van der Waals surface area (Å²) >= 11 is 0. The van der Waals surface area contributed by atoms with Crippen molar-refractivity contribution >= 4 is 0 Å². The maximum Gasteiger partial charge on any atom is 0.0471 e. The molecule has 0 aromatic heterocycles. The van der Waals surface area contributed by atoms with E-state index in [0.29, 0.717) is 12.0 Å². The minimum Gasteiger partial charge on any atom is -0.396 e. The molecule has 13 heavy (non-hydrogen) atoms. The first kappa shape index (κ1) is 12.9. The van der Waals surface area contributed by atoms with E-state index < -0.39 is 0 Å². The highest BCUT2D eigenvalue weighted by molar-refractivity contribution is 4.66. The Bertz CT molecular complexity index is 106. The van der Waals surface area contributed by atoms with Gasteiger partial charge in [0.15, 0.2) is 0 Å². The normalized spacial score (nSPS) is 15.7. The predicted molar refractivity (Wildman–Crippen MR) is 57.9 cm³/mol. The molecule has 2 N–H and O–H groups in total. The maximum atomic E-state index is 8.91. The van der Waals surface area contributed by atoms with Crippen LogP contribution in [0.5, 0.6) is 0 Å². The van der Waals surface area contributed by atoms with Crippen molar-refractivity contribution in [3.05, 3.63) is 0 Å². The molecule has 0 aromatic rings. The molecule has 2 atom stereocenters. The van der Waals surface area contributed by atoms with Crippen molar-refractivity contribution in [2.24, 2.45) is 5.92 Å². The summed E-state index contributed by atoms with van der Waals surface area (Å²) < 4.78 is 0. The van der Waals surface area contributed by atoms with Gasteiger partial charge in [-0.3, -0.25) is 0 Å². The van der Waals surface area contributed by atoms with Crippen LogP contribution in [0.15, 0.2) is 0 Å². The van der Waals surface area contributed by atoms with E-state index in [9.17, 15) is 0 Å². The molecule has 0 spiro atoms. The lowest BCUT2D eigenvalue weighted by molar-refractivity contribution is 0.207. The zero-order valence-corrected chi connectivity index (χ0v) is 9.34. The molecule has 2 nitrogen and oxygen atoms in total. The quantitative estimate of drug-likeness (QED) is 0.571. The van der Waals surface area contributed by atoms with Gasteiger partial charge in [-0.2, -0.15) is 0 Å². The molecule has 2 unspecified atom stereocenters. The Morgan fingerprint density at radius 1 is 1.15 bits per heavy atom. The fourth-order valence-corrected chi connectivity index (χ4v) is 1.24. The van der Waals surface area contributed by atoms with Crippen LogP contribution < -0.4 is 5.32 Å².